The van der Waals surface area contributed by atoms with Crippen molar-refractivity contribution >= 4 is 21.8 Å². The van der Waals surface area contributed by atoms with Crippen LogP contribution < -0.4 is 5.32 Å². The Morgan fingerprint density at radius 1 is 1.44 bits per heavy atom. The molecule has 1 aliphatic heterocycles. The van der Waals surface area contributed by atoms with Crippen LogP contribution in [0, 0.1) is 6.92 Å². The van der Waals surface area contributed by atoms with Crippen molar-refractivity contribution in [3.8, 4) is 0 Å². The van der Waals surface area contributed by atoms with Gasteiger partial charge < -0.3 is 10.2 Å². The molecule has 2 atom stereocenters. The Bertz CT molecular complexity index is 461. The molecule has 0 saturated carbocycles. The van der Waals surface area contributed by atoms with Crippen molar-refractivity contribution in [2.45, 2.75) is 32.9 Å². The number of carbonyl (C=O) groups excluding carboxylic acids is 1. The average molecular weight is 311 g/mol. The molecule has 1 amide bonds. The Hall–Kier alpha value is -0.870. The van der Waals surface area contributed by atoms with Gasteiger partial charge in [-0.15, -0.1) is 0 Å². The van der Waals surface area contributed by atoms with Gasteiger partial charge in [-0.2, -0.15) is 0 Å². The van der Waals surface area contributed by atoms with E-state index in [1.807, 2.05) is 30.0 Å². The van der Waals surface area contributed by atoms with E-state index in [-0.39, 0.29) is 11.9 Å². The average Bonchev–Trinajstić information content (AvgIpc) is 2.35. The van der Waals surface area contributed by atoms with Gasteiger partial charge in [0, 0.05) is 35.2 Å². The molecule has 2 unspecified atom stereocenters. The number of hydrogen-bond donors (Lipinski definition) is 1. The molecule has 1 N–H and O–H groups in total. The van der Waals surface area contributed by atoms with Crippen molar-refractivity contribution in [3.05, 3.63) is 33.8 Å². The molecule has 1 heterocycles. The molecule has 4 heteroatoms. The third kappa shape index (κ3) is 2.45. The molecule has 0 radical (unpaired) electrons. The topological polar surface area (TPSA) is 32.3 Å². The molecule has 0 aromatic heterocycles. The second-order valence-electron chi connectivity index (χ2n) is 4.89. The van der Waals surface area contributed by atoms with Crippen molar-refractivity contribution in [2.24, 2.45) is 0 Å². The molecule has 1 aliphatic rings. The van der Waals surface area contributed by atoms with E-state index >= 15 is 0 Å². The van der Waals surface area contributed by atoms with Crippen LogP contribution in [0.25, 0.3) is 0 Å². The van der Waals surface area contributed by atoms with Crippen molar-refractivity contribution < 1.29 is 4.79 Å². The van der Waals surface area contributed by atoms with E-state index in [2.05, 4.69) is 35.1 Å². The maximum atomic E-state index is 12.6. The van der Waals surface area contributed by atoms with Gasteiger partial charge in [0.2, 0.25) is 0 Å². The van der Waals surface area contributed by atoms with Crippen molar-refractivity contribution in [1.82, 2.24) is 10.2 Å². The Kier molecular flexibility index (Phi) is 4.07. The zero-order valence-electron chi connectivity index (χ0n) is 11.0. The van der Waals surface area contributed by atoms with E-state index < -0.39 is 0 Å². The maximum absolute atomic E-state index is 12.6. The van der Waals surface area contributed by atoms with Crippen molar-refractivity contribution in [2.75, 3.05) is 13.1 Å². The highest BCUT2D eigenvalue weighted by atomic mass is 79.9. The van der Waals surface area contributed by atoms with Gasteiger partial charge in [-0.3, -0.25) is 4.79 Å². The highest BCUT2D eigenvalue weighted by Crippen LogP contribution is 2.22. The molecule has 3 nitrogen and oxygen atoms in total. The smallest absolute Gasteiger partial charge is 0.254 e. The first-order valence-corrected chi connectivity index (χ1v) is 7.11. The van der Waals surface area contributed by atoms with E-state index in [0.29, 0.717) is 6.04 Å². The van der Waals surface area contributed by atoms with Gasteiger partial charge in [0.05, 0.1) is 0 Å². The molecule has 0 bridgehead atoms. The number of amides is 1. The summed E-state index contributed by atoms with van der Waals surface area (Å²) in [4.78, 5) is 14.6. The van der Waals surface area contributed by atoms with Crippen LogP contribution in [0.4, 0.5) is 0 Å². The Morgan fingerprint density at radius 3 is 2.89 bits per heavy atom. The summed E-state index contributed by atoms with van der Waals surface area (Å²) in [7, 11) is 0. The second-order valence-corrected chi connectivity index (χ2v) is 5.75. The molecule has 1 aromatic rings. The summed E-state index contributed by atoms with van der Waals surface area (Å²) in [5, 5.41) is 3.39. The summed E-state index contributed by atoms with van der Waals surface area (Å²) < 4.78 is 0.990. The van der Waals surface area contributed by atoms with Crippen LogP contribution in [-0.4, -0.2) is 36.0 Å². The summed E-state index contributed by atoms with van der Waals surface area (Å²) in [5.41, 5.74) is 1.81. The Labute approximate surface area is 117 Å². The van der Waals surface area contributed by atoms with Gasteiger partial charge in [-0.05, 0) is 38.5 Å². The van der Waals surface area contributed by atoms with Crippen LogP contribution in [0.1, 0.15) is 29.8 Å². The van der Waals surface area contributed by atoms with Crippen molar-refractivity contribution in [1.29, 1.82) is 0 Å². The highest BCUT2D eigenvalue weighted by molar-refractivity contribution is 9.10. The summed E-state index contributed by atoms with van der Waals surface area (Å²) in [5.74, 6) is 0.134. The third-order valence-corrected chi connectivity index (χ3v) is 4.65. The molecule has 18 heavy (non-hydrogen) atoms. The molecule has 2 rings (SSSR count). The first-order valence-electron chi connectivity index (χ1n) is 6.32. The van der Waals surface area contributed by atoms with Gasteiger partial charge in [0.25, 0.3) is 5.91 Å². The zero-order chi connectivity index (χ0) is 13.3. The third-order valence-electron chi connectivity index (χ3n) is 3.79. The number of rotatable bonds is 1. The molecule has 0 spiro atoms. The summed E-state index contributed by atoms with van der Waals surface area (Å²) >= 11 is 3.48. The number of nitrogens with zero attached hydrogens (tertiary/aromatic N) is 1. The molecule has 0 aliphatic carbocycles. The minimum atomic E-state index is 0.134. The quantitative estimate of drug-likeness (QED) is 0.864. The summed E-state index contributed by atoms with van der Waals surface area (Å²) in [6, 6.07) is 6.36. The van der Waals surface area contributed by atoms with E-state index in [1.54, 1.807) is 0 Å². The predicted molar refractivity (Wildman–Crippen MR) is 76.8 cm³/mol. The van der Waals surface area contributed by atoms with Crippen molar-refractivity contribution in [3.63, 3.8) is 0 Å². The van der Waals surface area contributed by atoms with Gasteiger partial charge in [0.1, 0.15) is 0 Å². The van der Waals surface area contributed by atoms with E-state index in [9.17, 15) is 4.79 Å². The number of benzene rings is 1. The predicted octanol–water partition coefficient (Wildman–Crippen LogP) is 2.58. The lowest BCUT2D eigenvalue weighted by Gasteiger charge is -2.39. The van der Waals surface area contributed by atoms with E-state index in [0.717, 1.165) is 28.7 Å². The number of halogens is 1. The fourth-order valence-electron chi connectivity index (χ4n) is 2.34. The van der Waals surface area contributed by atoms with Crippen LogP contribution in [-0.2, 0) is 0 Å². The minimum absolute atomic E-state index is 0.134. The first-order chi connectivity index (χ1) is 8.52. The number of nitrogens with one attached hydrogen (secondary N) is 1. The SMILES string of the molecule is Cc1c(Br)cccc1C(=O)N1CCNC(C)C1C. The number of carbonyl (C=O) groups is 1. The Morgan fingerprint density at radius 2 is 2.17 bits per heavy atom. The Balaban J connectivity index is 2.28. The van der Waals surface area contributed by atoms with Crippen LogP contribution in [0.2, 0.25) is 0 Å². The maximum Gasteiger partial charge on any atom is 0.254 e. The lowest BCUT2D eigenvalue weighted by molar-refractivity contribution is 0.0602. The first kappa shape index (κ1) is 13.6. The number of hydrogen-bond acceptors (Lipinski definition) is 2. The van der Waals surface area contributed by atoms with Crippen LogP contribution in [0.15, 0.2) is 22.7 Å². The lowest BCUT2D eigenvalue weighted by atomic mass is 10.0. The fraction of sp³-hybridized carbons (Fsp3) is 0.500. The summed E-state index contributed by atoms with van der Waals surface area (Å²) in [6.07, 6.45) is 0. The largest absolute Gasteiger partial charge is 0.333 e. The lowest BCUT2D eigenvalue weighted by Crippen LogP contribution is -2.57. The number of piperazine rings is 1. The zero-order valence-corrected chi connectivity index (χ0v) is 12.6. The van der Waals surface area contributed by atoms with Crippen LogP contribution >= 0.6 is 15.9 Å². The minimum Gasteiger partial charge on any atom is -0.333 e. The van der Waals surface area contributed by atoms with Gasteiger partial charge >= 0.3 is 0 Å². The molecule has 1 fully saturated rings. The van der Waals surface area contributed by atoms with Gasteiger partial charge in [-0.25, -0.2) is 0 Å². The van der Waals surface area contributed by atoms with Gasteiger partial charge in [0.15, 0.2) is 0 Å². The molecule has 1 saturated heterocycles. The second kappa shape index (κ2) is 5.41. The van der Waals surface area contributed by atoms with Crippen LogP contribution in [0.3, 0.4) is 0 Å². The highest BCUT2D eigenvalue weighted by Gasteiger charge is 2.29. The molecule has 98 valence electrons. The standard InChI is InChI=1S/C14H19BrN2O/c1-9-12(5-4-6-13(9)15)14(18)17-8-7-16-10(2)11(17)3/h4-6,10-11,16H,7-8H2,1-3H3. The van der Waals surface area contributed by atoms with Gasteiger partial charge in [-0.1, -0.05) is 22.0 Å². The fourth-order valence-corrected chi connectivity index (χ4v) is 2.70. The molecular formula is C14H19BrN2O. The molecular weight excluding hydrogens is 292 g/mol. The van der Waals surface area contributed by atoms with E-state index in [1.165, 1.54) is 0 Å². The van der Waals surface area contributed by atoms with E-state index in [4.69, 9.17) is 0 Å². The normalized spacial score (nSPS) is 24.1. The summed E-state index contributed by atoms with van der Waals surface area (Å²) in [6.45, 7) is 7.84. The monoisotopic (exact) mass is 310 g/mol. The molecule has 1 aromatic carbocycles. The van der Waals surface area contributed by atoms with Crippen LogP contribution in [0.5, 0.6) is 0 Å².